The molecular weight excluding hydrogens is 220 g/mol. The summed E-state index contributed by atoms with van der Waals surface area (Å²) in [7, 11) is 0. The lowest BCUT2D eigenvalue weighted by Crippen LogP contribution is -2.55. The van der Waals surface area contributed by atoms with Crippen LogP contribution >= 0.6 is 0 Å². The smallest absolute Gasteiger partial charge is 0.247 e. The lowest BCUT2D eigenvalue weighted by Gasteiger charge is -2.30. The Morgan fingerprint density at radius 3 is 2.35 bits per heavy atom. The number of carbonyl (C=O) groups excluding carboxylic acids is 2. The third-order valence-corrected chi connectivity index (χ3v) is 3.38. The van der Waals surface area contributed by atoms with Crippen LogP contribution in [0.5, 0.6) is 0 Å². The summed E-state index contributed by atoms with van der Waals surface area (Å²) >= 11 is 0. The van der Waals surface area contributed by atoms with Crippen LogP contribution in [0.15, 0.2) is 0 Å². The van der Waals surface area contributed by atoms with E-state index in [9.17, 15) is 14.7 Å². The number of β-amino-alcohol motifs (C(OH)–C–C–N with tert-alkyl or cyclic N) is 1. The molecule has 17 heavy (non-hydrogen) atoms. The number of nitrogens with one attached hydrogen (secondary N) is 1. The van der Waals surface area contributed by atoms with Gasteiger partial charge in [-0.05, 0) is 20.8 Å². The first-order valence-corrected chi connectivity index (χ1v) is 5.87. The van der Waals surface area contributed by atoms with Crippen molar-refractivity contribution >= 4 is 11.8 Å². The van der Waals surface area contributed by atoms with Gasteiger partial charge < -0.3 is 15.3 Å². The van der Waals surface area contributed by atoms with Crippen LogP contribution in [-0.4, -0.2) is 46.1 Å². The van der Waals surface area contributed by atoms with Gasteiger partial charge >= 0.3 is 0 Å². The zero-order valence-electron chi connectivity index (χ0n) is 11.2. The number of likely N-dealkylation sites (tertiary alicyclic amines) is 1. The van der Waals surface area contributed by atoms with E-state index >= 15 is 0 Å². The molecule has 0 saturated carbocycles. The Kier molecular flexibility index (Phi) is 3.52. The van der Waals surface area contributed by atoms with Gasteiger partial charge in [-0.25, -0.2) is 0 Å². The molecular formula is C12H22N2O3. The number of nitrogens with zero attached hydrogens (tertiary/aromatic N) is 1. The highest BCUT2D eigenvalue weighted by molar-refractivity contribution is 5.90. The van der Waals surface area contributed by atoms with E-state index in [0.29, 0.717) is 13.1 Å². The monoisotopic (exact) mass is 242 g/mol. The molecule has 1 fully saturated rings. The van der Waals surface area contributed by atoms with Gasteiger partial charge in [0.1, 0.15) is 5.54 Å². The zero-order valence-corrected chi connectivity index (χ0v) is 11.2. The van der Waals surface area contributed by atoms with Crippen molar-refractivity contribution in [3.8, 4) is 0 Å². The Morgan fingerprint density at radius 2 is 2.00 bits per heavy atom. The SMILES string of the molecule is CC(=O)NC(C)(C)C(=O)N1C[C@@H](C)[C@@](C)(O)C1. The van der Waals surface area contributed by atoms with Crippen LogP contribution < -0.4 is 5.32 Å². The van der Waals surface area contributed by atoms with Crippen molar-refractivity contribution < 1.29 is 14.7 Å². The second kappa shape index (κ2) is 4.29. The second-order valence-electron chi connectivity index (χ2n) is 5.75. The van der Waals surface area contributed by atoms with E-state index in [-0.39, 0.29) is 17.7 Å². The average molecular weight is 242 g/mol. The molecule has 0 aromatic rings. The maximum Gasteiger partial charge on any atom is 0.247 e. The maximum absolute atomic E-state index is 12.2. The van der Waals surface area contributed by atoms with Gasteiger partial charge in [-0.15, -0.1) is 0 Å². The molecule has 5 nitrogen and oxygen atoms in total. The molecule has 2 atom stereocenters. The van der Waals surface area contributed by atoms with Crippen molar-refractivity contribution in [2.24, 2.45) is 5.92 Å². The summed E-state index contributed by atoms with van der Waals surface area (Å²) in [5, 5.41) is 12.7. The van der Waals surface area contributed by atoms with E-state index in [2.05, 4.69) is 5.32 Å². The van der Waals surface area contributed by atoms with Crippen molar-refractivity contribution in [2.75, 3.05) is 13.1 Å². The molecule has 1 rings (SSSR count). The van der Waals surface area contributed by atoms with Crippen molar-refractivity contribution in [3.63, 3.8) is 0 Å². The molecule has 0 aliphatic carbocycles. The first kappa shape index (κ1) is 14.0. The van der Waals surface area contributed by atoms with E-state index < -0.39 is 11.1 Å². The highest BCUT2D eigenvalue weighted by atomic mass is 16.3. The fourth-order valence-electron chi connectivity index (χ4n) is 2.18. The van der Waals surface area contributed by atoms with Gasteiger partial charge in [0.25, 0.3) is 0 Å². The van der Waals surface area contributed by atoms with Crippen LogP contribution in [0.3, 0.4) is 0 Å². The third kappa shape index (κ3) is 2.97. The lowest BCUT2D eigenvalue weighted by atomic mass is 9.95. The third-order valence-electron chi connectivity index (χ3n) is 3.38. The van der Waals surface area contributed by atoms with Gasteiger partial charge in [0, 0.05) is 25.9 Å². The van der Waals surface area contributed by atoms with Crippen LogP contribution in [0.2, 0.25) is 0 Å². The molecule has 0 bridgehead atoms. The molecule has 0 unspecified atom stereocenters. The van der Waals surface area contributed by atoms with Gasteiger partial charge in [-0.3, -0.25) is 9.59 Å². The molecule has 98 valence electrons. The molecule has 1 aliphatic rings. The Bertz CT molecular complexity index is 337. The van der Waals surface area contributed by atoms with Gasteiger partial charge in [-0.1, -0.05) is 6.92 Å². The van der Waals surface area contributed by atoms with Crippen molar-refractivity contribution in [1.82, 2.24) is 10.2 Å². The number of rotatable bonds is 2. The van der Waals surface area contributed by atoms with Crippen LogP contribution in [0.4, 0.5) is 0 Å². The standard InChI is InChI=1S/C12H22N2O3/c1-8-6-14(7-12(8,5)17)10(16)11(3,4)13-9(2)15/h8,17H,6-7H2,1-5H3,(H,13,15)/t8-,12+/m1/s1. The maximum atomic E-state index is 12.2. The van der Waals surface area contributed by atoms with Crippen LogP contribution in [0.25, 0.3) is 0 Å². The van der Waals surface area contributed by atoms with Crippen LogP contribution in [-0.2, 0) is 9.59 Å². The number of aliphatic hydroxyl groups is 1. The Balaban J connectivity index is 2.76. The van der Waals surface area contributed by atoms with Gasteiger partial charge in [-0.2, -0.15) is 0 Å². The molecule has 1 heterocycles. The molecule has 0 spiro atoms. The number of hydrogen-bond acceptors (Lipinski definition) is 3. The van der Waals surface area contributed by atoms with Gasteiger partial charge in [0.2, 0.25) is 11.8 Å². The Hall–Kier alpha value is -1.10. The van der Waals surface area contributed by atoms with E-state index in [1.807, 2.05) is 6.92 Å². The Labute approximate surface area is 102 Å². The van der Waals surface area contributed by atoms with E-state index in [1.165, 1.54) is 6.92 Å². The van der Waals surface area contributed by atoms with Gasteiger partial charge in [0.05, 0.1) is 5.60 Å². The summed E-state index contributed by atoms with van der Waals surface area (Å²) in [6, 6.07) is 0. The quantitative estimate of drug-likeness (QED) is 0.723. The molecule has 2 amide bonds. The minimum absolute atomic E-state index is 0.0413. The highest BCUT2D eigenvalue weighted by Crippen LogP contribution is 2.28. The summed E-state index contributed by atoms with van der Waals surface area (Å²) < 4.78 is 0. The highest BCUT2D eigenvalue weighted by Gasteiger charge is 2.44. The van der Waals surface area contributed by atoms with Gasteiger partial charge in [0.15, 0.2) is 0 Å². The number of carbonyl (C=O) groups is 2. The van der Waals surface area contributed by atoms with E-state index in [1.54, 1.807) is 25.7 Å². The summed E-state index contributed by atoms with van der Waals surface area (Å²) in [5.41, 5.74) is -1.77. The molecule has 1 aliphatic heterocycles. The van der Waals surface area contributed by atoms with E-state index in [0.717, 1.165) is 0 Å². The number of hydrogen-bond donors (Lipinski definition) is 2. The summed E-state index contributed by atoms with van der Waals surface area (Å²) in [6.45, 7) is 9.22. The first-order chi connectivity index (χ1) is 7.56. The predicted octanol–water partition coefficient (Wildman–Crippen LogP) is 0.130. The summed E-state index contributed by atoms with van der Waals surface area (Å²) in [5.74, 6) is -0.348. The Morgan fingerprint density at radius 1 is 1.47 bits per heavy atom. The zero-order chi connectivity index (χ0) is 13.4. The summed E-state index contributed by atoms with van der Waals surface area (Å²) in [6.07, 6.45) is 0. The first-order valence-electron chi connectivity index (χ1n) is 5.87. The fraction of sp³-hybridized carbons (Fsp3) is 0.833. The van der Waals surface area contributed by atoms with Crippen molar-refractivity contribution in [1.29, 1.82) is 0 Å². The topological polar surface area (TPSA) is 69.6 Å². The minimum atomic E-state index is -0.925. The molecule has 0 radical (unpaired) electrons. The molecule has 1 saturated heterocycles. The predicted molar refractivity (Wildman–Crippen MR) is 64.3 cm³/mol. The average Bonchev–Trinajstić information content (AvgIpc) is 2.38. The lowest BCUT2D eigenvalue weighted by molar-refractivity contribution is -0.139. The molecule has 2 N–H and O–H groups in total. The van der Waals surface area contributed by atoms with Crippen molar-refractivity contribution in [3.05, 3.63) is 0 Å². The second-order valence-corrected chi connectivity index (χ2v) is 5.75. The number of amides is 2. The van der Waals surface area contributed by atoms with Crippen LogP contribution in [0, 0.1) is 5.92 Å². The fourth-order valence-corrected chi connectivity index (χ4v) is 2.18. The van der Waals surface area contributed by atoms with Crippen LogP contribution in [0.1, 0.15) is 34.6 Å². The molecule has 0 aromatic carbocycles. The minimum Gasteiger partial charge on any atom is -0.388 e. The summed E-state index contributed by atoms with van der Waals surface area (Å²) in [4.78, 5) is 24.9. The molecule has 5 heteroatoms. The van der Waals surface area contributed by atoms with Crippen molar-refractivity contribution in [2.45, 2.75) is 45.8 Å². The largest absolute Gasteiger partial charge is 0.388 e. The normalized spacial score (nSPS) is 29.3. The van der Waals surface area contributed by atoms with E-state index in [4.69, 9.17) is 0 Å². The molecule has 0 aromatic heterocycles.